The van der Waals surface area contributed by atoms with Gasteiger partial charge in [-0.05, 0) is 52.9 Å². The molecule has 92 valence electrons. The Morgan fingerprint density at radius 1 is 1.53 bits per heavy atom. The van der Waals surface area contributed by atoms with Crippen LogP contribution in [0, 0.1) is 5.92 Å². The lowest BCUT2D eigenvalue weighted by Gasteiger charge is -2.34. The first-order valence-electron chi connectivity index (χ1n) is 5.85. The van der Waals surface area contributed by atoms with E-state index in [1.54, 1.807) is 0 Å². The Hall–Kier alpha value is -0.870. The number of anilines is 1. The molecule has 0 bridgehead atoms. The predicted octanol–water partition coefficient (Wildman–Crippen LogP) is 2.47. The zero-order valence-corrected chi connectivity index (χ0v) is 11.2. The first-order valence-corrected chi connectivity index (χ1v) is 6.64. The quantitative estimate of drug-likeness (QED) is 0.872. The molecule has 1 saturated heterocycles. The topological polar surface area (TPSA) is 40.5 Å². The van der Waals surface area contributed by atoms with E-state index in [9.17, 15) is 9.90 Å². The molecular weight excluding hydrogens is 282 g/mol. The Balaban J connectivity index is 2.18. The normalized spacial score (nSPS) is 20.4. The van der Waals surface area contributed by atoms with E-state index >= 15 is 0 Å². The minimum absolute atomic E-state index is 0.251. The van der Waals surface area contributed by atoms with Crippen LogP contribution in [-0.2, 0) is 0 Å². The average Bonchev–Trinajstić information content (AvgIpc) is 2.38. The number of hydrogen-bond donors (Lipinski definition) is 1. The van der Waals surface area contributed by atoms with E-state index in [1.807, 2.05) is 18.2 Å². The summed E-state index contributed by atoms with van der Waals surface area (Å²) in [6, 6.07) is 5.63. The molecular formula is C13H16BrNO2. The molecule has 0 aliphatic carbocycles. The molecule has 1 atom stereocenters. The molecule has 17 heavy (non-hydrogen) atoms. The van der Waals surface area contributed by atoms with Gasteiger partial charge < -0.3 is 10.0 Å². The molecule has 0 saturated carbocycles. The first kappa shape index (κ1) is 12.6. The Morgan fingerprint density at radius 3 is 3.00 bits per heavy atom. The minimum atomic E-state index is 0.251. The number of aliphatic hydroxyl groups is 1. The van der Waals surface area contributed by atoms with Gasteiger partial charge in [-0.1, -0.05) is 0 Å². The lowest BCUT2D eigenvalue weighted by molar-refractivity contribution is 0.112. The molecule has 2 rings (SSSR count). The zero-order chi connectivity index (χ0) is 12.3. The third-order valence-corrected chi connectivity index (χ3v) is 3.86. The van der Waals surface area contributed by atoms with Crippen LogP contribution >= 0.6 is 15.9 Å². The van der Waals surface area contributed by atoms with Gasteiger partial charge in [-0.2, -0.15) is 0 Å². The van der Waals surface area contributed by atoms with E-state index in [1.165, 1.54) is 0 Å². The van der Waals surface area contributed by atoms with Gasteiger partial charge in [-0.25, -0.2) is 0 Å². The van der Waals surface area contributed by atoms with Crippen molar-refractivity contribution in [1.29, 1.82) is 0 Å². The van der Waals surface area contributed by atoms with E-state index in [2.05, 4.69) is 20.8 Å². The monoisotopic (exact) mass is 297 g/mol. The Labute approximate surface area is 110 Å². The van der Waals surface area contributed by atoms with Crippen LogP contribution in [0.3, 0.4) is 0 Å². The summed E-state index contributed by atoms with van der Waals surface area (Å²) in [5, 5.41) is 9.22. The maximum absolute atomic E-state index is 10.7. The van der Waals surface area contributed by atoms with Gasteiger partial charge in [0.05, 0.1) is 5.69 Å². The fourth-order valence-corrected chi connectivity index (χ4v) is 2.93. The van der Waals surface area contributed by atoms with Crippen molar-refractivity contribution in [3.8, 4) is 0 Å². The van der Waals surface area contributed by atoms with Crippen LogP contribution in [0.4, 0.5) is 5.69 Å². The van der Waals surface area contributed by atoms with Crippen molar-refractivity contribution in [3.63, 3.8) is 0 Å². The van der Waals surface area contributed by atoms with Crippen LogP contribution in [-0.4, -0.2) is 31.1 Å². The number of aldehydes is 1. The van der Waals surface area contributed by atoms with Crippen LogP contribution in [0.15, 0.2) is 22.7 Å². The predicted molar refractivity (Wildman–Crippen MR) is 71.6 cm³/mol. The van der Waals surface area contributed by atoms with Crippen molar-refractivity contribution < 1.29 is 9.90 Å². The van der Waals surface area contributed by atoms with Crippen molar-refractivity contribution in [2.75, 3.05) is 24.6 Å². The molecule has 0 radical (unpaired) electrons. The van der Waals surface area contributed by atoms with Crippen molar-refractivity contribution in [2.24, 2.45) is 5.92 Å². The lowest BCUT2D eigenvalue weighted by Crippen LogP contribution is -2.36. The second-order valence-corrected chi connectivity index (χ2v) is 5.32. The van der Waals surface area contributed by atoms with Crippen molar-refractivity contribution >= 4 is 27.9 Å². The molecule has 1 fully saturated rings. The average molecular weight is 298 g/mol. The summed E-state index contributed by atoms with van der Waals surface area (Å²) in [6.45, 7) is 2.14. The standard InChI is InChI=1S/C13H16BrNO2/c14-12-6-10(8-16)3-4-13(12)15-5-1-2-11(7-15)9-17/h3-4,6,8,11,17H,1-2,5,7,9H2. The van der Waals surface area contributed by atoms with Crippen molar-refractivity contribution in [1.82, 2.24) is 0 Å². The first-order chi connectivity index (χ1) is 8.24. The van der Waals surface area contributed by atoms with Gasteiger partial charge in [-0.15, -0.1) is 0 Å². The second kappa shape index (κ2) is 5.65. The fraction of sp³-hybridized carbons (Fsp3) is 0.462. The van der Waals surface area contributed by atoms with E-state index in [4.69, 9.17) is 0 Å². The number of hydrogen-bond acceptors (Lipinski definition) is 3. The molecule has 1 aromatic rings. The number of carbonyl (C=O) groups excluding carboxylic acids is 1. The Morgan fingerprint density at radius 2 is 2.35 bits per heavy atom. The highest BCUT2D eigenvalue weighted by atomic mass is 79.9. The molecule has 1 unspecified atom stereocenters. The highest BCUT2D eigenvalue weighted by Gasteiger charge is 2.20. The molecule has 3 nitrogen and oxygen atoms in total. The third kappa shape index (κ3) is 2.87. The molecule has 1 heterocycles. The molecule has 4 heteroatoms. The van der Waals surface area contributed by atoms with Crippen molar-refractivity contribution in [2.45, 2.75) is 12.8 Å². The van der Waals surface area contributed by atoms with Gasteiger partial charge >= 0.3 is 0 Å². The van der Waals surface area contributed by atoms with Gasteiger partial charge in [0.15, 0.2) is 0 Å². The van der Waals surface area contributed by atoms with Gasteiger partial charge in [0.2, 0.25) is 0 Å². The van der Waals surface area contributed by atoms with Crippen LogP contribution < -0.4 is 4.90 Å². The van der Waals surface area contributed by atoms with Crippen LogP contribution in [0.25, 0.3) is 0 Å². The summed E-state index contributed by atoms with van der Waals surface area (Å²) in [7, 11) is 0. The summed E-state index contributed by atoms with van der Waals surface area (Å²) in [4.78, 5) is 12.9. The molecule has 0 spiro atoms. The van der Waals surface area contributed by atoms with E-state index in [0.717, 1.165) is 42.4 Å². The maximum Gasteiger partial charge on any atom is 0.150 e. The molecule has 1 aliphatic heterocycles. The van der Waals surface area contributed by atoms with Gasteiger partial charge in [0.1, 0.15) is 6.29 Å². The summed E-state index contributed by atoms with van der Waals surface area (Å²) >= 11 is 3.50. The summed E-state index contributed by atoms with van der Waals surface area (Å²) in [6.07, 6.45) is 3.05. The molecule has 1 N–H and O–H groups in total. The number of piperidine rings is 1. The number of nitrogens with zero attached hydrogens (tertiary/aromatic N) is 1. The zero-order valence-electron chi connectivity index (χ0n) is 9.60. The largest absolute Gasteiger partial charge is 0.396 e. The summed E-state index contributed by atoms with van der Waals surface area (Å²) < 4.78 is 0.945. The lowest BCUT2D eigenvalue weighted by atomic mass is 9.98. The van der Waals surface area contributed by atoms with Crippen LogP contribution in [0.2, 0.25) is 0 Å². The number of benzene rings is 1. The SMILES string of the molecule is O=Cc1ccc(N2CCCC(CO)C2)c(Br)c1. The highest BCUT2D eigenvalue weighted by molar-refractivity contribution is 9.10. The van der Waals surface area contributed by atoms with Crippen LogP contribution in [0.1, 0.15) is 23.2 Å². The Kier molecular flexibility index (Phi) is 4.18. The fourth-order valence-electron chi connectivity index (χ4n) is 2.29. The van der Waals surface area contributed by atoms with Gasteiger partial charge in [0.25, 0.3) is 0 Å². The number of aliphatic hydroxyl groups excluding tert-OH is 1. The second-order valence-electron chi connectivity index (χ2n) is 4.47. The molecule has 1 aromatic carbocycles. The van der Waals surface area contributed by atoms with E-state index in [-0.39, 0.29) is 6.61 Å². The summed E-state index contributed by atoms with van der Waals surface area (Å²) in [5.74, 6) is 0.362. The number of rotatable bonds is 3. The molecule has 0 amide bonds. The van der Waals surface area contributed by atoms with E-state index in [0.29, 0.717) is 11.5 Å². The highest BCUT2D eigenvalue weighted by Crippen LogP contribution is 2.30. The number of halogens is 1. The van der Waals surface area contributed by atoms with E-state index < -0.39 is 0 Å². The Bertz CT molecular complexity index is 408. The van der Waals surface area contributed by atoms with Crippen molar-refractivity contribution in [3.05, 3.63) is 28.2 Å². The smallest absolute Gasteiger partial charge is 0.150 e. The molecule has 0 aromatic heterocycles. The minimum Gasteiger partial charge on any atom is -0.396 e. The number of carbonyl (C=O) groups is 1. The third-order valence-electron chi connectivity index (χ3n) is 3.23. The van der Waals surface area contributed by atoms with Gasteiger partial charge in [0, 0.05) is 29.7 Å². The maximum atomic E-state index is 10.7. The van der Waals surface area contributed by atoms with Gasteiger partial charge in [-0.3, -0.25) is 4.79 Å². The summed E-state index contributed by atoms with van der Waals surface area (Å²) in [5.41, 5.74) is 1.78. The van der Waals surface area contributed by atoms with Crippen LogP contribution in [0.5, 0.6) is 0 Å². The molecule has 1 aliphatic rings.